The van der Waals surface area contributed by atoms with Gasteiger partial charge in [-0.2, -0.15) is 0 Å². The zero-order chi connectivity index (χ0) is 14.6. The summed E-state index contributed by atoms with van der Waals surface area (Å²) in [7, 11) is 0. The Kier molecular flexibility index (Phi) is 5.72. The van der Waals surface area contributed by atoms with Crippen LogP contribution >= 0.6 is 15.9 Å². The Bertz CT molecular complexity index is 398. The second-order valence-corrected chi connectivity index (χ2v) is 8.16. The van der Waals surface area contributed by atoms with Crippen molar-refractivity contribution >= 4 is 15.9 Å². The largest absolute Gasteiger partial charge is 0.0839 e. The molecule has 0 spiro atoms. The Morgan fingerprint density at radius 1 is 1.15 bits per heavy atom. The van der Waals surface area contributed by atoms with Crippen LogP contribution in [0, 0.1) is 5.92 Å². The number of alkyl halides is 1. The Labute approximate surface area is 133 Å². The summed E-state index contributed by atoms with van der Waals surface area (Å²) in [5, 5.41) is 0. The Morgan fingerprint density at radius 2 is 1.75 bits per heavy atom. The van der Waals surface area contributed by atoms with Gasteiger partial charge in [0.15, 0.2) is 0 Å². The van der Waals surface area contributed by atoms with E-state index in [1.807, 2.05) is 0 Å². The second kappa shape index (κ2) is 7.11. The zero-order valence-corrected chi connectivity index (χ0v) is 14.9. The molecule has 0 nitrogen and oxygen atoms in total. The van der Waals surface area contributed by atoms with Gasteiger partial charge >= 0.3 is 0 Å². The summed E-state index contributed by atoms with van der Waals surface area (Å²) in [5.41, 5.74) is 3.20. The third-order valence-electron chi connectivity index (χ3n) is 5.24. The van der Waals surface area contributed by atoms with Gasteiger partial charge in [0.05, 0.1) is 0 Å². The van der Waals surface area contributed by atoms with Crippen molar-refractivity contribution in [3.8, 4) is 0 Å². The molecule has 0 N–H and O–H groups in total. The van der Waals surface area contributed by atoms with E-state index in [9.17, 15) is 0 Å². The SMILES string of the molecule is CCC(C)(C)c1ccc(C(Br)CCC2CCCC2)cc1. The van der Waals surface area contributed by atoms with Crippen molar-refractivity contribution in [2.75, 3.05) is 0 Å². The highest BCUT2D eigenvalue weighted by Crippen LogP contribution is 2.35. The first-order valence-electron chi connectivity index (χ1n) is 8.27. The lowest BCUT2D eigenvalue weighted by Gasteiger charge is -2.24. The van der Waals surface area contributed by atoms with E-state index < -0.39 is 0 Å². The van der Waals surface area contributed by atoms with E-state index in [2.05, 4.69) is 61.0 Å². The van der Waals surface area contributed by atoms with Gasteiger partial charge < -0.3 is 0 Å². The Balaban J connectivity index is 1.91. The maximum atomic E-state index is 3.89. The molecule has 0 aliphatic heterocycles. The fraction of sp³-hybridized carbons (Fsp3) is 0.684. The summed E-state index contributed by atoms with van der Waals surface area (Å²) in [6.45, 7) is 6.92. The molecule has 0 radical (unpaired) electrons. The van der Waals surface area contributed by atoms with Gasteiger partial charge in [-0.1, -0.05) is 86.6 Å². The predicted molar refractivity (Wildman–Crippen MR) is 92.6 cm³/mol. The molecule has 0 bridgehead atoms. The average molecular weight is 337 g/mol. The van der Waals surface area contributed by atoms with E-state index in [1.165, 1.54) is 56.1 Å². The highest BCUT2D eigenvalue weighted by Gasteiger charge is 2.19. The molecular weight excluding hydrogens is 308 g/mol. The van der Waals surface area contributed by atoms with Crippen LogP contribution in [0.4, 0.5) is 0 Å². The van der Waals surface area contributed by atoms with E-state index in [0.29, 0.717) is 10.2 Å². The third kappa shape index (κ3) is 4.10. The molecule has 0 amide bonds. The van der Waals surface area contributed by atoms with E-state index in [1.54, 1.807) is 0 Å². The first-order chi connectivity index (χ1) is 9.53. The topological polar surface area (TPSA) is 0 Å². The van der Waals surface area contributed by atoms with Crippen molar-refractivity contribution in [1.82, 2.24) is 0 Å². The minimum atomic E-state index is 0.296. The molecule has 1 aliphatic carbocycles. The second-order valence-electron chi connectivity index (χ2n) is 7.05. The molecule has 1 fully saturated rings. The van der Waals surface area contributed by atoms with Crippen molar-refractivity contribution < 1.29 is 0 Å². The third-order valence-corrected chi connectivity index (χ3v) is 6.23. The van der Waals surface area contributed by atoms with E-state index in [-0.39, 0.29) is 0 Å². The minimum absolute atomic E-state index is 0.296. The highest BCUT2D eigenvalue weighted by atomic mass is 79.9. The fourth-order valence-corrected chi connectivity index (χ4v) is 3.76. The van der Waals surface area contributed by atoms with Crippen LogP contribution in [0.2, 0.25) is 0 Å². The van der Waals surface area contributed by atoms with Crippen molar-refractivity contribution in [3.05, 3.63) is 35.4 Å². The van der Waals surface area contributed by atoms with Gasteiger partial charge in [0.1, 0.15) is 0 Å². The van der Waals surface area contributed by atoms with E-state index in [4.69, 9.17) is 0 Å². The van der Waals surface area contributed by atoms with Crippen molar-refractivity contribution in [3.63, 3.8) is 0 Å². The molecule has 1 atom stereocenters. The summed E-state index contributed by atoms with van der Waals surface area (Å²) in [6.07, 6.45) is 9.69. The van der Waals surface area contributed by atoms with Crippen LogP contribution in [0.5, 0.6) is 0 Å². The molecule has 1 saturated carbocycles. The van der Waals surface area contributed by atoms with Crippen LogP contribution < -0.4 is 0 Å². The van der Waals surface area contributed by atoms with Gasteiger partial charge in [0, 0.05) is 4.83 Å². The van der Waals surface area contributed by atoms with Gasteiger partial charge in [0.2, 0.25) is 0 Å². The standard InChI is InChI=1S/C19H29Br/c1-4-19(2,3)17-12-10-16(11-13-17)18(20)14-9-15-7-5-6-8-15/h10-13,15,18H,4-9,14H2,1-3H3. The molecule has 0 heterocycles. The van der Waals surface area contributed by atoms with Gasteiger partial charge in [-0.15, -0.1) is 0 Å². The molecule has 1 aromatic carbocycles. The van der Waals surface area contributed by atoms with Crippen LogP contribution in [0.1, 0.15) is 81.7 Å². The first-order valence-corrected chi connectivity index (χ1v) is 9.19. The summed E-state index contributed by atoms with van der Waals surface area (Å²) in [5.74, 6) is 0.994. The van der Waals surface area contributed by atoms with Gasteiger partial charge in [-0.3, -0.25) is 0 Å². The lowest BCUT2D eigenvalue weighted by atomic mass is 9.82. The van der Waals surface area contributed by atoms with Crippen molar-refractivity contribution in [1.29, 1.82) is 0 Å². The first kappa shape index (κ1) is 16.1. The molecule has 0 saturated heterocycles. The van der Waals surface area contributed by atoms with E-state index >= 15 is 0 Å². The number of hydrogen-bond acceptors (Lipinski definition) is 0. The Hall–Kier alpha value is -0.300. The monoisotopic (exact) mass is 336 g/mol. The van der Waals surface area contributed by atoms with Gasteiger partial charge in [0.25, 0.3) is 0 Å². The van der Waals surface area contributed by atoms with Crippen LogP contribution in [0.15, 0.2) is 24.3 Å². The molecule has 20 heavy (non-hydrogen) atoms. The fourth-order valence-electron chi connectivity index (χ4n) is 3.19. The predicted octanol–water partition coefficient (Wildman–Crippen LogP) is 6.78. The number of hydrogen-bond donors (Lipinski definition) is 0. The normalized spacial score (nSPS) is 18.4. The molecule has 1 heteroatoms. The molecule has 1 aliphatic rings. The van der Waals surface area contributed by atoms with Crippen LogP contribution in [-0.2, 0) is 5.41 Å². The van der Waals surface area contributed by atoms with Crippen molar-refractivity contribution in [2.24, 2.45) is 5.92 Å². The molecule has 112 valence electrons. The lowest BCUT2D eigenvalue weighted by molar-refractivity contribution is 0.482. The van der Waals surface area contributed by atoms with E-state index in [0.717, 1.165) is 5.92 Å². The van der Waals surface area contributed by atoms with Crippen LogP contribution in [-0.4, -0.2) is 0 Å². The number of halogens is 1. The zero-order valence-electron chi connectivity index (χ0n) is 13.3. The smallest absolute Gasteiger partial charge is 0.0395 e. The van der Waals surface area contributed by atoms with Gasteiger partial charge in [-0.25, -0.2) is 0 Å². The highest BCUT2D eigenvalue weighted by molar-refractivity contribution is 9.09. The van der Waals surface area contributed by atoms with Crippen LogP contribution in [0.3, 0.4) is 0 Å². The number of benzene rings is 1. The van der Waals surface area contributed by atoms with Gasteiger partial charge in [-0.05, 0) is 41.7 Å². The summed E-state index contributed by atoms with van der Waals surface area (Å²) < 4.78 is 0. The average Bonchev–Trinajstić information content (AvgIpc) is 2.98. The molecule has 2 rings (SSSR count). The molecule has 0 aromatic heterocycles. The maximum Gasteiger partial charge on any atom is 0.0395 e. The Morgan fingerprint density at radius 3 is 2.30 bits per heavy atom. The lowest BCUT2D eigenvalue weighted by Crippen LogP contribution is -2.15. The quantitative estimate of drug-likeness (QED) is 0.502. The minimum Gasteiger partial charge on any atom is -0.0839 e. The molecule has 1 aromatic rings. The molecular formula is C19H29Br. The molecule has 1 unspecified atom stereocenters. The van der Waals surface area contributed by atoms with Crippen molar-refractivity contribution in [2.45, 2.75) is 76.0 Å². The van der Waals surface area contributed by atoms with Crippen LogP contribution in [0.25, 0.3) is 0 Å². The summed E-state index contributed by atoms with van der Waals surface area (Å²) in [4.78, 5) is 0.530. The number of rotatable bonds is 6. The summed E-state index contributed by atoms with van der Waals surface area (Å²) >= 11 is 3.89. The maximum absolute atomic E-state index is 3.89. The summed E-state index contributed by atoms with van der Waals surface area (Å²) in [6, 6.07) is 9.28.